The van der Waals surface area contributed by atoms with Gasteiger partial charge in [0.15, 0.2) is 11.9 Å². The molecule has 180 valence electrons. The van der Waals surface area contributed by atoms with E-state index in [0.717, 1.165) is 18.9 Å². The number of halogens is 1. The number of hydrogen-bond acceptors (Lipinski definition) is 7. The van der Waals surface area contributed by atoms with Crippen molar-refractivity contribution in [1.82, 2.24) is 20.8 Å². The van der Waals surface area contributed by atoms with Crippen LogP contribution in [0.4, 0.5) is 4.39 Å². The molecule has 2 aromatic carbocycles. The molecule has 2 fully saturated rings. The summed E-state index contributed by atoms with van der Waals surface area (Å²) in [6.45, 7) is 2.20. The van der Waals surface area contributed by atoms with Crippen molar-refractivity contribution in [2.45, 2.75) is 38.3 Å². The van der Waals surface area contributed by atoms with Crippen LogP contribution < -0.4 is 15.4 Å². The first kappa shape index (κ1) is 22.7. The molecule has 35 heavy (non-hydrogen) atoms. The number of hydrogen-bond donors (Lipinski definition) is 2. The molecule has 0 radical (unpaired) electrons. The second kappa shape index (κ2) is 9.28. The minimum absolute atomic E-state index is 0.141. The highest BCUT2D eigenvalue weighted by Crippen LogP contribution is 2.33. The Kier molecular flexibility index (Phi) is 6.02. The van der Waals surface area contributed by atoms with E-state index in [9.17, 15) is 18.8 Å². The molecule has 1 saturated carbocycles. The topological polar surface area (TPSA) is 123 Å². The fourth-order valence-electron chi connectivity index (χ4n) is 3.86. The third kappa shape index (κ3) is 4.91. The van der Waals surface area contributed by atoms with Gasteiger partial charge in [0.2, 0.25) is 11.7 Å². The molecule has 1 aliphatic heterocycles. The molecule has 0 unspecified atom stereocenters. The predicted molar refractivity (Wildman–Crippen MR) is 121 cm³/mol. The van der Waals surface area contributed by atoms with Gasteiger partial charge in [-0.05, 0) is 62.6 Å². The number of ether oxygens (including phenoxy) is 1. The minimum atomic E-state index is -0.769. The summed E-state index contributed by atoms with van der Waals surface area (Å²) in [5.41, 5.74) is 0.804. The first-order valence-corrected chi connectivity index (χ1v) is 11.4. The van der Waals surface area contributed by atoms with E-state index in [1.807, 2.05) is 0 Å². The zero-order chi connectivity index (χ0) is 24.5. The van der Waals surface area contributed by atoms with Crippen molar-refractivity contribution in [3.8, 4) is 17.1 Å². The van der Waals surface area contributed by atoms with E-state index < -0.39 is 23.9 Å². The Labute approximate surface area is 200 Å². The summed E-state index contributed by atoms with van der Waals surface area (Å²) in [5.74, 6) is -0.540. The van der Waals surface area contributed by atoms with Crippen LogP contribution in [-0.2, 0) is 4.79 Å². The number of amides is 2. The maximum Gasteiger partial charge on any atom is 0.267 e. The highest BCUT2D eigenvalue weighted by molar-refractivity contribution is 5.99. The molecule has 0 bridgehead atoms. The largest absolute Gasteiger partial charge is 0.481 e. The summed E-state index contributed by atoms with van der Waals surface area (Å²) < 4.78 is 25.8. The van der Waals surface area contributed by atoms with Crippen molar-refractivity contribution in [2.75, 3.05) is 6.54 Å². The van der Waals surface area contributed by atoms with Crippen LogP contribution in [0.2, 0.25) is 0 Å². The summed E-state index contributed by atoms with van der Waals surface area (Å²) in [7, 11) is 0. The van der Waals surface area contributed by atoms with E-state index >= 15 is 0 Å². The number of nitrogens with one attached hydrogen (secondary N) is 2. The first-order valence-electron chi connectivity index (χ1n) is 11.4. The second-order valence-electron chi connectivity index (χ2n) is 8.68. The second-order valence-corrected chi connectivity index (χ2v) is 8.68. The Bertz CT molecular complexity index is 1290. The number of carbonyl (C=O) groups is 3. The van der Waals surface area contributed by atoms with Gasteiger partial charge in [-0.25, -0.2) is 4.39 Å². The third-order valence-electron chi connectivity index (χ3n) is 6.02. The zero-order valence-electron chi connectivity index (χ0n) is 18.9. The molecule has 10 heteroatoms. The van der Waals surface area contributed by atoms with Crippen molar-refractivity contribution in [2.24, 2.45) is 5.92 Å². The Morgan fingerprint density at radius 3 is 2.60 bits per heavy atom. The van der Waals surface area contributed by atoms with Gasteiger partial charge in [-0.3, -0.25) is 14.4 Å². The molecule has 0 spiro atoms. The minimum Gasteiger partial charge on any atom is -0.481 e. The molecule has 5 rings (SSSR count). The van der Waals surface area contributed by atoms with Gasteiger partial charge in [0.1, 0.15) is 17.6 Å². The smallest absolute Gasteiger partial charge is 0.267 e. The van der Waals surface area contributed by atoms with E-state index in [2.05, 4.69) is 20.8 Å². The Hall–Kier alpha value is -4.08. The lowest BCUT2D eigenvalue weighted by molar-refractivity contribution is -0.120. The van der Waals surface area contributed by atoms with Gasteiger partial charge in [-0.2, -0.15) is 4.98 Å². The van der Waals surface area contributed by atoms with Crippen LogP contribution >= 0.6 is 0 Å². The lowest BCUT2D eigenvalue weighted by Gasteiger charge is -2.11. The van der Waals surface area contributed by atoms with Crippen LogP contribution in [0.3, 0.4) is 0 Å². The number of ketones is 1. The molecular formula is C25H23FN4O5. The Morgan fingerprint density at radius 2 is 1.94 bits per heavy atom. The van der Waals surface area contributed by atoms with Gasteiger partial charge in [-0.15, -0.1) is 0 Å². The number of benzene rings is 2. The summed E-state index contributed by atoms with van der Waals surface area (Å²) in [5, 5.41) is 9.03. The Morgan fingerprint density at radius 1 is 1.17 bits per heavy atom. The molecule has 2 aliphatic rings. The molecule has 3 aromatic rings. The fraction of sp³-hybridized carbons (Fsp3) is 0.320. The van der Waals surface area contributed by atoms with Gasteiger partial charge in [0, 0.05) is 23.6 Å². The van der Waals surface area contributed by atoms with Crippen LogP contribution in [0.15, 0.2) is 47.0 Å². The van der Waals surface area contributed by atoms with Gasteiger partial charge in [0.25, 0.3) is 11.8 Å². The van der Waals surface area contributed by atoms with Crippen molar-refractivity contribution >= 4 is 17.6 Å². The van der Waals surface area contributed by atoms with E-state index in [1.165, 1.54) is 12.1 Å². The molecule has 2 amide bonds. The average Bonchev–Trinajstić information content (AvgIpc) is 3.44. The molecule has 2 atom stereocenters. The average molecular weight is 478 g/mol. The van der Waals surface area contributed by atoms with Gasteiger partial charge in [-0.1, -0.05) is 11.2 Å². The van der Waals surface area contributed by atoms with E-state index in [-0.39, 0.29) is 34.9 Å². The molecular weight excluding hydrogens is 455 g/mol. The molecule has 2 heterocycles. The lowest BCUT2D eigenvalue weighted by Crippen LogP contribution is -2.40. The maximum atomic E-state index is 14.7. The zero-order valence-corrected chi connectivity index (χ0v) is 18.9. The van der Waals surface area contributed by atoms with Crippen LogP contribution in [0.1, 0.15) is 58.9 Å². The third-order valence-corrected chi connectivity index (χ3v) is 6.02. The standard InChI is InChI=1S/C25H23FN4O5/c1-13(34-17-7-4-15(5-8-17)21(31)14-2-3-14)25-29-22(30-35-25)16-6-9-18(19(26)12-16)23(32)28-20-10-11-27-24(20)33/h4-9,12-14,20H,2-3,10-11H2,1H3,(H,27,33)(H,28,32)/t13-,20-/m1/s1. The van der Waals surface area contributed by atoms with Crippen molar-refractivity contribution < 1.29 is 28.0 Å². The van der Waals surface area contributed by atoms with Gasteiger partial charge < -0.3 is 19.9 Å². The van der Waals surface area contributed by atoms with E-state index in [1.54, 1.807) is 31.2 Å². The van der Waals surface area contributed by atoms with Gasteiger partial charge in [0.05, 0.1) is 5.56 Å². The van der Waals surface area contributed by atoms with E-state index in [0.29, 0.717) is 29.8 Å². The number of Topliss-reactive ketones (excluding diaryl/α,β-unsaturated/α-hetero) is 1. The molecule has 9 nitrogen and oxygen atoms in total. The Balaban J connectivity index is 1.23. The van der Waals surface area contributed by atoms with Crippen LogP contribution in [0, 0.1) is 11.7 Å². The quantitative estimate of drug-likeness (QED) is 0.477. The number of rotatable bonds is 8. The predicted octanol–water partition coefficient (Wildman–Crippen LogP) is 3.23. The van der Waals surface area contributed by atoms with Crippen molar-refractivity contribution in [1.29, 1.82) is 0 Å². The SMILES string of the molecule is C[C@@H](Oc1ccc(C(=O)C2CC2)cc1)c1nc(-c2ccc(C(=O)N[C@@H]3CCNC3=O)c(F)c2)no1. The first-order chi connectivity index (χ1) is 16.9. The van der Waals surface area contributed by atoms with Gasteiger partial charge >= 0.3 is 0 Å². The maximum absolute atomic E-state index is 14.7. The van der Waals surface area contributed by atoms with Crippen LogP contribution in [-0.4, -0.2) is 40.3 Å². The van der Waals surface area contributed by atoms with Crippen molar-refractivity contribution in [3.63, 3.8) is 0 Å². The normalized spacial score (nSPS) is 18.1. The van der Waals surface area contributed by atoms with Crippen molar-refractivity contribution in [3.05, 3.63) is 65.3 Å². The lowest BCUT2D eigenvalue weighted by atomic mass is 10.1. The number of carbonyl (C=O) groups excluding carboxylic acids is 3. The molecule has 1 aliphatic carbocycles. The van der Waals surface area contributed by atoms with Crippen LogP contribution in [0.25, 0.3) is 11.4 Å². The van der Waals surface area contributed by atoms with Crippen LogP contribution in [0.5, 0.6) is 5.75 Å². The summed E-state index contributed by atoms with van der Waals surface area (Å²) in [4.78, 5) is 40.4. The monoisotopic (exact) mass is 478 g/mol. The van der Waals surface area contributed by atoms with E-state index in [4.69, 9.17) is 9.26 Å². The highest BCUT2D eigenvalue weighted by Gasteiger charge is 2.30. The number of aromatic nitrogens is 2. The summed E-state index contributed by atoms with van der Waals surface area (Å²) in [6, 6.07) is 10.2. The summed E-state index contributed by atoms with van der Waals surface area (Å²) >= 11 is 0. The molecule has 2 N–H and O–H groups in total. The molecule has 1 aromatic heterocycles. The molecule has 1 saturated heterocycles. The fourth-order valence-corrected chi connectivity index (χ4v) is 3.86. The summed E-state index contributed by atoms with van der Waals surface area (Å²) in [6.07, 6.45) is 1.77. The highest BCUT2D eigenvalue weighted by atomic mass is 19.1. The number of nitrogens with zero attached hydrogens (tertiary/aromatic N) is 2.